The number of amides is 1. The molecule has 0 fully saturated rings. The lowest BCUT2D eigenvalue weighted by Crippen LogP contribution is -2.39. The molecule has 0 aromatic heterocycles. The Labute approximate surface area is 259 Å². The summed E-state index contributed by atoms with van der Waals surface area (Å²) in [6.45, 7) is 1.99. The molecule has 4 aromatic carbocycles. The van der Waals surface area contributed by atoms with Crippen LogP contribution in [0.15, 0.2) is 101 Å². The molecule has 0 bridgehead atoms. The topological polar surface area (TPSA) is 97.3 Å². The number of nitrogens with one attached hydrogen (secondary N) is 1. The molecule has 12 heteroatoms. The average molecular weight is 647 g/mol. The Morgan fingerprint density at radius 3 is 2.38 bits per heavy atom. The van der Waals surface area contributed by atoms with Gasteiger partial charge in [0, 0.05) is 5.02 Å². The minimum atomic E-state index is -4.12. The lowest BCUT2D eigenvalue weighted by molar-refractivity contribution is -0.119. The molecule has 0 saturated carbocycles. The second-order valence-electron chi connectivity index (χ2n) is 8.77. The molecule has 1 N–H and O–H groups in total. The number of ether oxygens (including phenoxy) is 2. The van der Waals surface area contributed by atoms with Gasteiger partial charge in [0.15, 0.2) is 11.5 Å². The van der Waals surface area contributed by atoms with Crippen LogP contribution in [-0.4, -0.2) is 33.7 Å². The Bertz CT molecular complexity index is 1690. The summed E-state index contributed by atoms with van der Waals surface area (Å²) in [6, 6.07) is 24.6. The predicted octanol–water partition coefficient (Wildman–Crippen LogP) is 6.97. The van der Waals surface area contributed by atoms with Crippen LogP contribution in [0.2, 0.25) is 15.1 Å². The van der Waals surface area contributed by atoms with Crippen LogP contribution in [0.25, 0.3) is 0 Å². The number of halogens is 3. The van der Waals surface area contributed by atoms with Crippen molar-refractivity contribution in [1.29, 1.82) is 0 Å². The van der Waals surface area contributed by atoms with Crippen LogP contribution in [0.3, 0.4) is 0 Å². The standard InChI is InChI=1S/C30H26Cl3N3O5S/c1-2-40-29-16-21(11-14-28(29)41-20-22-7-6-8-23(31)15-22)18-34-35-30(37)19-36(24-12-13-26(32)27(33)17-24)42(38,39)25-9-4-3-5-10-25/h3-18H,2,19-20H2,1H3,(H,35,37)/b34-18-. The summed E-state index contributed by atoms with van der Waals surface area (Å²) in [5, 5.41) is 5.02. The molecule has 42 heavy (non-hydrogen) atoms. The van der Waals surface area contributed by atoms with Gasteiger partial charge in [0.25, 0.3) is 15.9 Å². The zero-order valence-electron chi connectivity index (χ0n) is 22.3. The summed E-state index contributed by atoms with van der Waals surface area (Å²) < 4.78 is 39.5. The van der Waals surface area contributed by atoms with Crippen LogP contribution in [0.1, 0.15) is 18.1 Å². The molecule has 0 heterocycles. The fourth-order valence-corrected chi connectivity index (χ4v) is 5.74. The highest BCUT2D eigenvalue weighted by Gasteiger charge is 2.27. The molecule has 0 aliphatic carbocycles. The summed E-state index contributed by atoms with van der Waals surface area (Å²) in [5.41, 5.74) is 4.07. The second kappa shape index (κ2) is 14.4. The van der Waals surface area contributed by atoms with Crippen LogP contribution >= 0.6 is 34.8 Å². The third-order valence-corrected chi connectivity index (χ3v) is 8.53. The normalized spacial score (nSPS) is 11.3. The van der Waals surface area contributed by atoms with E-state index < -0.39 is 22.5 Å². The first-order valence-electron chi connectivity index (χ1n) is 12.7. The molecule has 4 aromatic rings. The molecule has 0 radical (unpaired) electrons. The van der Waals surface area contributed by atoms with Crippen LogP contribution in [0.5, 0.6) is 11.5 Å². The number of nitrogens with zero attached hydrogens (tertiary/aromatic N) is 2. The average Bonchev–Trinajstić information content (AvgIpc) is 2.97. The molecule has 0 saturated heterocycles. The maximum absolute atomic E-state index is 13.5. The molecule has 218 valence electrons. The SMILES string of the molecule is CCOc1cc(/C=N\NC(=O)CN(c2ccc(Cl)c(Cl)c2)S(=O)(=O)c2ccccc2)ccc1OCc1cccc(Cl)c1. The summed E-state index contributed by atoms with van der Waals surface area (Å²) in [5.74, 6) is 0.347. The number of hydrogen-bond donors (Lipinski definition) is 1. The van der Waals surface area contributed by atoms with E-state index >= 15 is 0 Å². The quantitative estimate of drug-likeness (QED) is 0.132. The van der Waals surface area contributed by atoms with E-state index in [1.165, 1.54) is 36.5 Å². The molecular formula is C30H26Cl3N3O5S. The lowest BCUT2D eigenvalue weighted by Gasteiger charge is -2.24. The number of hydrogen-bond acceptors (Lipinski definition) is 6. The van der Waals surface area contributed by atoms with Gasteiger partial charge in [-0.1, -0.05) is 65.1 Å². The Kier molecular flexibility index (Phi) is 10.7. The Balaban J connectivity index is 1.48. The van der Waals surface area contributed by atoms with E-state index in [1.807, 2.05) is 25.1 Å². The number of anilines is 1. The largest absolute Gasteiger partial charge is 0.490 e. The van der Waals surface area contributed by atoms with E-state index in [1.54, 1.807) is 42.5 Å². The Morgan fingerprint density at radius 2 is 1.67 bits per heavy atom. The maximum atomic E-state index is 13.5. The molecular weight excluding hydrogens is 621 g/mol. The number of carbonyl (C=O) groups is 1. The minimum Gasteiger partial charge on any atom is -0.490 e. The van der Waals surface area contributed by atoms with Crippen molar-refractivity contribution in [3.8, 4) is 11.5 Å². The molecule has 1 amide bonds. The number of sulfonamides is 1. The zero-order valence-corrected chi connectivity index (χ0v) is 25.4. The van der Waals surface area contributed by atoms with Crippen molar-refractivity contribution in [3.63, 3.8) is 0 Å². The van der Waals surface area contributed by atoms with Gasteiger partial charge in [-0.25, -0.2) is 13.8 Å². The lowest BCUT2D eigenvalue weighted by atomic mass is 10.2. The van der Waals surface area contributed by atoms with Gasteiger partial charge in [0.2, 0.25) is 0 Å². The van der Waals surface area contributed by atoms with Crippen molar-refractivity contribution >= 4 is 62.6 Å². The number of hydrazone groups is 1. The third kappa shape index (κ3) is 8.17. The maximum Gasteiger partial charge on any atom is 0.264 e. The monoisotopic (exact) mass is 645 g/mol. The highest BCUT2D eigenvalue weighted by Crippen LogP contribution is 2.31. The summed E-state index contributed by atoms with van der Waals surface area (Å²) >= 11 is 18.2. The van der Waals surface area contributed by atoms with Crippen molar-refractivity contribution in [2.45, 2.75) is 18.4 Å². The van der Waals surface area contributed by atoms with Crippen molar-refractivity contribution in [3.05, 3.63) is 117 Å². The predicted molar refractivity (Wildman–Crippen MR) is 167 cm³/mol. The highest BCUT2D eigenvalue weighted by molar-refractivity contribution is 7.92. The van der Waals surface area contributed by atoms with Crippen molar-refractivity contribution < 1.29 is 22.7 Å². The summed E-state index contributed by atoms with van der Waals surface area (Å²) in [7, 11) is -4.12. The summed E-state index contributed by atoms with van der Waals surface area (Å²) in [6.07, 6.45) is 1.41. The second-order valence-corrected chi connectivity index (χ2v) is 11.9. The highest BCUT2D eigenvalue weighted by atomic mass is 35.5. The van der Waals surface area contributed by atoms with Crippen LogP contribution in [0.4, 0.5) is 5.69 Å². The van der Waals surface area contributed by atoms with E-state index in [2.05, 4.69) is 10.5 Å². The first kappa shape index (κ1) is 31.2. The molecule has 8 nitrogen and oxygen atoms in total. The van der Waals surface area contributed by atoms with Crippen LogP contribution in [0, 0.1) is 0 Å². The van der Waals surface area contributed by atoms with Crippen molar-refractivity contribution in [2.75, 3.05) is 17.5 Å². The molecule has 0 unspecified atom stereocenters. The number of benzene rings is 4. The third-order valence-electron chi connectivity index (χ3n) is 5.76. The fourth-order valence-electron chi connectivity index (χ4n) is 3.80. The van der Waals surface area contributed by atoms with Gasteiger partial charge < -0.3 is 9.47 Å². The van der Waals surface area contributed by atoms with E-state index in [4.69, 9.17) is 44.3 Å². The number of carbonyl (C=O) groups excluding carboxylic acids is 1. The summed E-state index contributed by atoms with van der Waals surface area (Å²) in [4.78, 5) is 12.9. The minimum absolute atomic E-state index is 0.00787. The van der Waals surface area contributed by atoms with Gasteiger partial charge in [-0.05, 0) is 78.7 Å². The Hall–Kier alpha value is -3.76. The van der Waals surface area contributed by atoms with Gasteiger partial charge in [-0.15, -0.1) is 0 Å². The van der Waals surface area contributed by atoms with Gasteiger partial charge in [-0.3, -0.25) is 9.10 Å². The Morgan fingerprint density at radius 1 is 0.881 bits per heavy atom. The number of rotatable bonds is 12. The van der Waals surface area contributed by atoms with E-state index in [0.29, 0.717) is 35.3 Å². The van der Waals surface area contributed by atoms with Crippen molar-refractivity contribution in [1.82, 2.24) is 5.43 Å². The van der Waals surface area contributed by atoms with Gasteiger partial charge in [0.1, 0.15) is 13.2 Å². The zero-order chi connectivity index (χ0) is 30.1. The van der Waals surface area contributed by atoms with E-state index in [-0.39, 0.29) is 20.6 Å². The first-order chi connectivity index (χ1) is 20.2. The van der Waals surface area contributed by atoms with Crippen LogP contribution < -0.4 is 19.2 Å². The van der Waals surface area contributed by atoms with Crippen LogP contribution in [-0.2, 0) is 21.4 Å². The van der Waals surface area contributed by atoms with Gasteiger partial charge >= 0.3 is 0 Å². The molecule has 0 aliphatic heterocycles. The molecule has 0 spiro atoms. The van der Waals surface area contributed by atoms with Crippen molar-refractivity contribution in [2.24, 2.45) is 5.10 Å². The molecule has 0 atom stereocenters. The van der Waals surface area contributed by atoms with E-state index in [9.17, 15) is 13.2 Å². The van der Waals surface area contributed by atoms with Gasteiger partial charge in [0.05, 0.1) is 33.4 Å². The molecule has 4 rings (SSSR count). The smallest absolute Gasteiger partial charge is 0.264 e. The first-order valence-corrected chi connectivity index (χ1v) is 15.2. The fraction of sp³-hybridized carbons (Fsp3) is 0.133. The van der Waals surface area contributed by atoms with E-state index in [0.717, 1.165) is 9.87 Å². The molecule has 0 aliphatic rings. The van der Waals surface area contributed by atoms with Gasteiger partial charge in [-0.2, -0.15) is 5.10 Å².